The van der Waals surface area contributed by atoms with E-state index in [2.05, 4.69) is 29.2 Å². The van der Waals surface area contributed by atoms with Gasteiger partial charge in [-0.25, -0.2) is 4.79 Å². The molecule has 0 amide bonds. The number of pyridine rings is 1. The van der Waals surface area contributed by atoms with Crippen LogP contribution < -0.4 is 5.73 Å². The van der Waals surface area contributed by atoms with Gasteiger partial charge in [0.2, 0.25) is 0 Å². The van der Waals surface area contributed by atoms with Crippen LogP contribution in [0.2, 0.25) is 0 Å². The maximum absolute atomic E-state index is 10.2. The molecule has 3 rings (SSSR count). The van der Waals surface area contributed by atoms with Crippen molar-refractivity contribution in [2.24, 2.45) is 5.73 Å². The van der Waals surface area contributed by atoms with E-state index in [1.165, 1.54) is 35.7 Å². The fourth-order valence-corrected chi connectivity index (χ4v) is 2.18. The fourth-order valence-electron chi connectivity index (χ4n) is 2.18. The molecule has 4 nitrogen and oxygen atoms in total. The zero-order valence-corrected chi connectivity index (χ0v) is 13.2. The Kier molecular flexibility index (Phi) is 6.68. The molecule has 0 aliphatic heterocycles. The molecule has 0 spiro atoms. The van der Waals surface area contributed by atoms with Gasteiger partial charge in [-0.05, 0) is 29.7 Å². The van der Waals surface area contributed by atoms with Gasteiger partial charge in [0, 0.05) is 18.4 Å². The maximum atomic E-state index is 10.2. The Labute approximate surface area is 141 Å². The molecular weight excluding hydrogens is 300 g/mol. The highest BCUT2D eigenvalue weighted by Crippen LogP contribution is 2.15. The summed E-state index contributed by atoms with van der Waals surface area (Å²) < 4.78 is 0. The van der Waals surface area contributed by atoms with E-state index in [1.807, 2.05) is 36.4 Å². The zero-order chi connectivity index (χ0) is 17.2. The van der Waals surface area contributed by atoms with Crippen LogP contribution in [0.1, 0.15) is 27.5 Å². The topological polar surface area (TPSA) is 76.2 Å². The van der Waals surface area contributed by atoms with E-state index in [1.54, 1.807) is 0 Å². The van der Waals surface area contributed by atoms with Gasteiger partial charge in [-0.2, -0.15) is 0 Å². The standard InChI is InChI=1S/C14H15N.C6H5NO2/c15-14(13-9-5-2-6-10-13)11-12-7-3-1-4-8-12;8-6(9)5-1-3-7-4-2-5/h1-10,14H,11,15H2;1-4H,(H,8,9). The molecule has 0 radical (unpaired) electrons. The Balaban J connectivity index is 0.000000198. The Morgan fingerprint density at radius 2 is 1.46 bits per heavy atom. The monoisotopic (exact) mass is 320 g/mol. The summed E-state index contributed by atoms with van der Waals surface area (Å²) in [5.74, 6) is -0.919. The molecule has 3 aromatic rings. The molecule has 4 heteroatoms. The number of hydrogen-bond donors (Lipinski definition) is 2. The first-order valence-electron chi connectivity index (χ1n) is 7.64. The van der Waals surface area contributed by atoms with Gasteiger partial charge < -0.3 is 10.8 Å². The van der Waals surface area contributed by atoms with Crippen LogP contribution in [0.4, 0.5) is 0 Å². The highest BCUT2D eigenvalue weighted by molar-refractivity contribution is 5.87. The number of aromatic nitrogens is 1. The Hall–Kier alpha value is -2.98. The number of carboxylic acids is 1. The first-order valence-corrected chi connectivity index (χ1v) is 7.64. The highest BCUT2D eigenvalue weighted by atomic mass is 16.4. The third kappa shape index (κ3) is 5.66. The highest BCUT2D eigenvalue weighted by Gasteiger charge is 2.05. The van der Waals surface area contributed by atoms with Gasteiger partial charge in [-0.15, -0.1) is 0 Å². The molecular formula is C20H20N2O2. The first-order chi connectivity index (χ1) is 11.7. The van der Waals surface area contributed by atoms with Crippen LogP contribution in [0.15, 0.2) is 85.2 Å². The SMILES string of the molecule is NC(Cc1ccccc1)c1ccccc1.O=C(O)c1ccncc1. The van der Waals surface area contributed by atoms with E-state index >= 15 is 0 Å². The average Bonchev–Trinajstić information content (AvgIpc) is 2.64. The minimum absolute atomic E-state index is 0.0913. The quantitative estimate of drug-likeness (QED) is 0.768. The number of carbonyl (C=O) groups is 1. The minimum atomic E-state index is -0.919. The lowest BCUT2D eigenvalue weighted by atomic mass is 10.00. The number of nitrogens with two attached hydrogens (primary N) is 1. The molecule has 1 aromatic heterocycles. The van der Waals surface area contributed by atoms with Gasteiger partial charge in [-0.1, -0.05) is 60.7 Å². The molecule has 0 aliphatic rings. The van der Waals surface area contributed by atoms with Crippen molar-refractivity contribution in [3.63, 3.8) is 0 Å². The zero-order valence-electron chi connectivity index (χ0n) is 13.2. The number of benzene rings is 2. The summed E-state index contributed by atoms with van der Waals surface area (Å²) in [6.07, 6.45) is 3.79. The smallest absolute Gasteiger partial charge is 0.335 e. The number of rotatable bonds is 4. The molecule has 0 saturated heterocycles. The van der Waals surface area contributed by atoms with Crippen LogP contribution in [0.25, 0.3) is 0 Å². The summed E-state index contributed by atoms with van der Waals surface area (Å²) in [5.41, 5.74) is 8.88. The molecule has 122 valence electrons. The van der Waals surface area contributed by atoms with Crippen molar-refractivity contribution in [3.05, 3.63) is 102 Å². The summed E-state index contributed by atoms with van der Waals surface area (Å²) in [5, 5.41) is 8.36. The van der Waals surface area contributed by atoms with Crippen molar-refractivity contribution in [1.29, 1.82) is 0 Å². The van der Waals surface area contributed by atoms with Crippen molar-refractivity contribution >= 4 is 5.97 Å². The number of hydrogen-bond acceptors (Lipinski definition) is 3. The number of aromatic carboxylic acids is 1. The molecule has 1 heterocycles. The van der Waals surface area contributed by atoms with E-state index in [-0.39, 0.29) is 11.6 Å². The van der Waals surface area contributed by atoms with Crippen molar-refractivity contribution in [1.82, 2.24) is 4.98 Å². The lowest BCUT2D eigenvalue weighted by Crippen LogP contribution is -2.12. The third-order valence-corrected chi connectivity index (χ3v) is 3.45. The van der Waals surface area contributed by atoms with Crippen molar-refractivity contribution < 1.29 is 9.90 Å². The fraction of sp³-hybridized carbons (Fsp3) is 0.100. The van der Waals surface area contributed by atoms with Crippen LogP contribution >= 0.6 is 0 Å². The van der Waals surface area contributed by atoms with Gasteiger partial charge in [0.25, 0.3) is 0 Å². The third-order valence-electron chi connectivity index (χ3n) is 3.45. The summed E-state index contributed by atoms with van der Waals surface area (Å²) in [7, 11) is 0. The van der Waals surface area contributed by atoms with E-state index in [0.29, 0.717) is 0 Å². The van der Waals surface area contributed by atoms with E-state index in [9.17, 15) is 4.79 Å². The summed E-state index contributed by atoms with van der Waals surface area (Å²) in [6.45, 7) is 0. The van der Waals surface area contributed by atoms with Gasteiger partial charge >= 0.3 is 5.97 Å². The van der Waals surface area contributed by atoms with Gasteiger partial charge in [-0.3, -0.25) is 4.98 Å². The average molecular weight is 320 g/mol. The second-order valence-corrected chi connectivity index (χ2v) is 5.25. The van der Waals surface area contributed by atoms with E-state index in [4.69, 9.17) is 10.8 Å². The normalized spacial score (nSPS) is 11.0. The number of carboxylic acid groups (broad SMARTS) is 1. The molecule has 1 unspecified atom stereocenters. The largest absolute Gasteiger partial charge is 0.478 e. The van der Waals surface area contributed by atoms with Crippen LogP contribution in [0.3, 0.4) is 0 Å². The van der Waals surface area contributed by atoms with E-state index in [0.717, 1.165) is 6.42 Å². The van der Waals surface area contributed by atoms with Crippen molar-refractivity contribution in [2.45, 2.75) is 12.5 Å². The lowest BCUT2D eigenvalue weighted by Gasteiger charge is -2.11. The molecule has 0 saturated carbocycles. The van der Waals surface area contributed by atoms with Gasteiger partial charge in [0.05, 0.1) is 5.56 Å². The Bertz CT molecular complexity index is 731. The predicted octanol–water partition coefficient (Wildman–Crippen LogP) is 3.71. The summed E-state index contributed by atoms with van der Waals surface area (Å²) in [4.78, 5) is 13.8. The second kappa shape index (κ2) is 9.22. The van der Waals surface area contributed by atoms with Crippen LogP contribution in [-0.2, 0) is 6.42 Å². The predicted molar refractivity (Wildman–Crippen MR) is 94.7 cm³/mol. The van der Waals surface area contributed by atoms with Crippen molar-refractivity contribution in [3.8, 4) is 0 Å². The van der Waals surface area contributed by atoms with Gasteiger partial charge in [0.15, 0.2) is 0 Å². The molecule has 24 heavy (non-hydrogen) atoms. The molecule has 0 aliphatic carbocycles. The second-order valence-electron chi connectivity index (χ2n) is 5.25. The van der Waals surface area contributed by atoms with E-state index < -0.39 is 5.97 Å². The molecule has 2 aromatic carbocycles. The molecule has 0 bridgehead atoms. The summed E-state index contributed by atoms with van der Waals surface area (Å²) in [6, 6.07) is 23.6. The molecule has 1 atom stereocenters. The van der Waals surface area contributed by atoms with Crippen molar-refractivity contribution in [2.75, 3.05) is 0 Å². The molecule has 0 fully saturated rings. The van der Waals surface area contributed by atoms with Crippen LogP contribution in [0, 0.1) is 0 Å². The minimum Gasteiger partial charge on any atom is -0.478 e. The number of nitrogens with zero attached hydrogens (tertiary/aromatic N) is 1. The maximum Gasteiger partial charge on any atom is 0.335 e. The first kappa shape index (κ1) is 17.4. The van der Waals surface area contributed by atoms with Gasteiger partial charge in [0.1, 0.15) is 0 Å². The summed E-state index contributed by atoms with van der Waals surface area (Å²) >= 11 is 0. The van der Waals surface area contributed by atoms with Crippen LogP contribution in [0.5, 0.6) is 0 Å². The lowest BCUT2D eigenvalue weighted by molar-refractivity contribution is 0.0696. The van der Waals surface area contributed by atoms with Crippen LogP contribution in [-0.4, -0.2) is 16.1 Å². The Morgan fingerprint density at radius 1 is 0.917 bits per heavy atom. The Morgan fingerprint density at radius 3 is 1.96 bits per heavy atom. The molecule has 3 N–H and O–H groups in total.